The summed E-state index contributed by atoms with van der Waals surface area (Å²) in [5.41, 5.74) is 1.87. The van der Waals surface area contributed by atoms with Crippen molar-refractivity contribution >= 4 is 45.1 Å². The highest BCUT2D eigenvalue weighted by molar-refractivity contribution is 7.13. The summed E-state index contributed by atoms with van der Waals surface area (Å²) >= 11 is 1.17. The van der Waals surface area contributed by atoms with Gasteiger partial charge in [-0.05, 0) is 24.3 Å². The summed E-state index contributed by atoms with van der Waals surface area (Å²) in [6, 6.07) is 8.60. The molecule has 0 unspecified atom stereocenters. The van der Waals surface area contributed by atoms with Crippen LogP contribution in [0.15, 0.2) is 29.8 Å². The second-order valence-electron chi connectivity index (χ2n) is 8.99. The molecular formula is C23H28N8O3S. The van der Waals surface area contributed by atoms with Gasteiger partial charge in [0.05, 0.1) is 18.1 Å². The standard InChI is InChI=1S/C23H28N8O3S/c1-23(2,3)19(21(34)25-13-17(32)27-22-29-26-14-35-22)28-20(33)18-15-9-5-6-10-16(15)31(30-18)12-8-4-7-11-24/h5-6,9-10,14,19H,4,7-8,12-13H2,1-3H3,(H,25,34)(H,28,33)(H,27,29,32)/t19-/m1/s1. The first-order chi connectivity index (χ1) is 16.7. The number of nitriles is 1. The van der Waals surface area contributed by atoms with E-state index in [9.17, 15) is 14.4 Å². The molecule has 1 aromatic carbocycles. The Hall–Kier alpha value is -3.85. The van der Waals surface area contributed by atoms with Gasteiger partial charge in [-0.1, -0.05) is 50.3 Å². The Morgan fingerprint density at radius 2 is 1.97 bits per heavy atom. The van der Waals surface area contributed by atoms with Gasteiger partial charge in [0.1, 0.15) is 11.6 Å². The SMILES string of the molecule is CC(C)(C)[C@H](NC(=O)c1nn(CCCCC#N)c2ccccc12)C(=O)NCC(=O)Nc1nncs1. The van der Waals surface area contributed by atoms with Gasteiger partial charge in [0, 0.05) is 18.4 Å². The molecule has 3 rings (SSSR count). The predicted octanol–water partition coefficient (Wildman–Crippen LogP) is 2.48. The molecule has 0 fully saturated rings. The predicted molar refractivity (Wildman–Crippen MR) is 131 cm³/mol. The Bertz CT molecular complexity index is 1220. The molecule has 0 bridgehead atoms. The van der Waals surface area contributed by atoms with Crippen molar-refractivity contribution in [3.8, 4) is 6.07 Å². The van der Waals surface area contributed by atoms with Crippen molar-refractivity contribution in [1.29, 1.82) is 5.26 Å². The lowest BCUT2D eigenvalue weighted by molar-refractivity contribution is -0.127. The fraction of sp³-hybridized carbons (Fsp3) is 0.435. The number of anilines is 1. The van der Waals surface area contributed by atoms with Crippen LogP contribution in [0.4, 0.5) is 5.13 Å². The molecule has 0 saturated carbocycles. The molecule has 0 spiro atoms. The van der Waals surface area contributed by atoms with Crippen molar-refractivity contribution in [1.82, 2.24) is 30.6 Å². The Labute approximate surface area is 206 Å². The topological polar surface area (TPSA) is 155 Å². The molecule has 0 aliphatic heterocycles. The summed E-state index contributed by atoms with van der Waals surface area (Å²) in [6.45, 7) is 5.77. The van der Waals surface area contributed by atoms with E-state index in [4.69, 9.17) is 5.26 Å². The van der Waals surface area contributed by atoms with Gasteiger partial charge in [-0.25, -0.2) is 0 Å². The zero-order valence-electron chi connectivity index (χ0n) is 19.9. The van der Waals surface area contributed by atoms with E-state index in [1.807, 2.05) is 45.0 Å². The van der Waals surface area contributed by atoms with Crippen LogP contribution in [0.5, 0.6) is 0 Å². The maximum Gasteiger partial charge on any atom is 0.273 e. The highest BCUT2D eigenvalue weighted by Gasteiger charge is 2.34. The van der Waals surface area contributed by atoms with E-state index in [1.165, 1.54) is 16.8 Å². The summed E-state index contributed by atoms with van der Waals surface area (Å²) in [5, 5.41) is 29.6. The van der Waals surface area contributed by atoms with E-state index < -0.39 is 29.2 Å². The van der Waals surface area contributed by atoms with Crippen molar-refractivity contribution in [3.63, 3.8) is 0 Å². The van der Waals surface area contributed by atoms with Crippen molar-refractivity contribution in [2.75, 3.05) is 11.9 Å². The number of nitrogens with one attached hydrogen (secondary N) is 3. The Kier molecular flexibility index (Phi) is 8.48. The second kappa shape index (κ2) is 11.5. The van der Waals surface area contributed by atoms with Crippen LogP contribution >= 0.6 is 11.3 Å². The largest absolute Gasteiger partial charge is 0.345 e. The molecule has 11 nitrogen and oxygen atoms in total. The first-order valence-electron chi connectivity index (χ1n) is 11.2. The van der Waals surface area contributed by atoms with Gasteiger partial charge >= 0.3 is 0 Å². The van der Waals surface area contributed by atoms with Gasteiger partial charge in [0.15, 0.2) is 5.69 Å². The van der Waals surface area contributed by atoms with Gasteiger partial charge < -0.3 is 10.6 Å². The minimum absolute atomic E-state index is 0.219. The molecular weight excluding hydrogens is 468 g/mol. The number of hydrogen-bond acceptors (Lipinski definition) is 8. The third-order valence-electron chi connectivity index (χ3n) is 5.21. The zero-order valence-corrected chi connectivity index (χ0v) is 20.7. The Morgan fingerprint density at radius 1 is 1.20 bits per heavy atom. The van der Waals surface area contributed by atoms with E-state index in [1.54, 1.807) is 4.68 Å². The van der Waals surface area contributed by atoms with Crippen LogP contribution in [0.2, 0.25) is 0 Å². The molecule has 3 amide bonds. The molecule has 0 saturated heterocycles. The van der Waals surface area contributed by atoms with E-state index in [0.717, 1.165) is 18.4 Å². The number of carbonyl (C=O) groups excluding carboxylic acids is 3. The molecule has 3 aromatic rings. The number of nitrogens with zero attached hydrogens (tertiary/aromatic N) is 5. The van der Waals surface area contributed by atoms with Gasteiger partial charge in [-0.2, -0.15) is 10.4 Å². The van der Waals surface area contributed by atoms with E-state index in [0.29, 0.717) is 23.5 Å². The number of amides is 3. The number of hydrogen-bond donors (Lipinski definition) is 3. The molecule has 12 heteroatoms. The maximum absolute atomic E-state index is 13.3. The monoisotopic (exact) mass is 496 g/mol. The van der Waals surface area contributed by atoms with Crippen LogP contribution in [-0.2, 0) is 16.1 Å². The van der Waals surface area contributed by atoms with Gasteiger partial charge in [0.25, 0.3) is 5.91 Å². The molecule has 0 aliphatic carbocycles. The zero-order chi connectivity index (χ0) is 25.4. The quantitative estimate of drug-likeness (QED) is 0.364. The maximum atomic E-state index is 13.3. The van der Waals surface area contributed by atoms with Crippen LogP contribution in [0.3, 0.4) is 0 Å². The summed E-state index contributed by atoms with van der Waals surface area (Å²) in [4.78, 5) is 38.3. The second-order valence-corrected chi connectivity index (χ2v) is 9.82. The van der Waals surface area contributed by atoms with Crippen LogP contribution in [0.1, 0.15) is 50.5 Å². The van der Waals surface area contributed by atoms with Crippen LogP contribution in [-0.4, -0.2) is 50.3 Å². The number of fused-ring (bicyclic) bond motifs is 1. The van der Waals surface area contributed by atoms with Crippen molar-refractivity contribution in [2.45, 2.75) is 52.6 Å². The van der Waals surface area contributed by atoms with Gasteiger partial charge in [0.2, 0.25) is 16.9 Å². The third-order valence-corrected chi connectivity index (χ3v) is 5.82. The van der Waals surface area contributed by atoms with E-state index in [-0.39, 0.29) is 12.2 Å². The molecule has 184 valence electrons. The van der Waals surface area contributed by atoms with Crippen molar-refractivity contribution < 1.29 is 14.4 Å². The highest BCUT2D eigenvalue weighted by Crippen LogP contribution is 2.23. The van der Waals surface area contributed by atoms with Gasteiger partial charge in [-0.3, -0.25) is 24.4 Å². The molecule has 0 aliphatic rings. The average molecular weight is 497 g/mol. The third kappa shape index (κ3) is 6.83. The van der Waals surface area contributed by atoms with Gasteiger partial charge in [-0.15, -0.1) is 10.2 Å². The Morgan fingerprint density at radius 3 is 2.66 bits per heavy atom. The number of benzene rings is 1. The molecule has 2 heterocycles. The number of unbranched alkanes of at least 4 members (excludes halogenated alkanes) is 2. The fourth-order valence-corrected chi connectivity index (χ4v) is 3.93. The van der Waals surface area contributed by atoms with Crippen LogP contribution in [0, 0.1) is 16.7 Å². The van der Waals surface area contributed by atoms with E-state index in [2.05, 4.69) is 37.3 Å². The lowest BCUT2D eigenvalue weighted by atomic mass is 9.86. The number of aryl methyl sites for hydroxylation is 1. The number of carbonyl (C=O) groups is 3. The normalized spacial score (nSPS) is 12.1. The lowest BCUT2D eigenvalue weighted by Crippen LogP contribution is -2.54. The molecule has 3 N–H and O–H groups in total. The lowest BCUT2D eigenvalue weighted by Gasteiger charge is -2.30. The number of aromatic nitrogens is 4. The minimum Gasteiger partial charge on any atom is -0.345 e. The molecule has 2 aromatic heterocycles. The van der Waals surface area contributed by atoms with E-state index >= 15 is 0 Å². The first-order valence-corrected chi connectivity index (χ1v) is 12.1. The molecule has 35 heavy (non-hydrogen) atoms. The highest BCUT2D eigenvalue weighted by atomic mass is 32.1. The summed E-state index contributed by atoms with van der Waals surface area (Å²) < 4.78 is 1.76. The molecule has 0 radical (unpaired) electrons. The smallest absolute Gasteiger partial charge is 0.273 e. The van der Waals surface area contributed by atoms with Crippen molar-refractivity contribution in [3.05, 3.63) is 35.5 Å². The molecule has 1 atom stereocenters. The average Bonchev–Trinajstić information content (AvgIpc) is 3.46. The first kappa shape index (κ1) is 25.8. The van der Waals surface area contributed by atoms with Crippen LogP contribution in [0.25, 0.3) is 10.9 Å². The Balaban J connectivity index is 1.71. The fourth-order valence-electron chi connectivity index (χ4n) is 3.47. The number of rotatable bonds is 10. The number of para-hydroxylation sites is 1. The van der Waals surface area contributed by atoms with Crippen molar-refractivity contribution in [2.24, 2.45) is 5.41 Å². The summed E-state index contributed by atoms with van der Waals surface area (Å²) in [6.07, 6.45) is 1.96. The summed E-state index contributed by atoms with van der Waals surface area (Å²) in [7, 11) is 0. The summed E-state index contributed by atoms with van der Waals surface area (Å²) in [5.74, 6) is -1.42. The minimum atomic E-state index is -0.913. The van der Waals surface area contributed by atoms with Crippen LogP contribution < -0.4 is 16.0 Å².